The minimum Gasteiger partial charge on any atom is -0.490 e. The maximum Gasteiger partial charge on any atom is 0.305 e. The molecule has 0 saturated carbocycles. The first kappa shape index (κ1) is 13.2. The van der Waals surface area contributed by atoms with Gasteiger partial charge in [0.1, 0.15) is 12.4 Å². The fourth-order valence-electron chi connectivity index (χ4n) is 1.16. The largest absolute Gasteiger partial charge is 0.490 e. The molecule has 4 N–H and O–H groups in total. The maximum atomic E-state index is 9.70. The second-order valence-electron chi connectivity index (χ2n) is 4.02. The number of rotatable bonds is 1. The summed E-state index contributed by atoms with van der Waals surface area (Å²) >= 11 is 0. The lowest BCUT2D eigenvalue weighted by Crippen LogP contribution is -2.17. The third-order valence-electron chi connectivity index (χ3n) is 2.17. The van der Waals surface area contributed by atoms with Gasteiger partial charge >= 0.3 is 5.97 Å². The molecular weight excluding hydrogens is 220 g/mol. The first-order valence-corrected chi connectivity index (χ1v) is 5.49. The first-order chi connectivity index (χ1) is 8.00. The average Bonchev–Trinajstić information content (AvgIpc) is 2.29. The molecule has 0 spiro atoms. The van der Waals surface area contributed by atoms with Crippen LogP contribution in [-0.4, -0.2) is 24.2 Å². The molecule has 1 aromatic carbocycles. The van der Waals surface area contributed by atoms with Gasteiger partial charge in [0.2, 0.25) is 0 Å². The van der Waals surface area contributed by atoms with Crippen LogP contribution in [0, 0.1) is 5.92 Å². The third-order valence-corrected chi connectivity index (χ3v) is 2.17. The van der Waals surface area contributed by atoms with Gasteiger partial charge in [0.05, 0.1) is 11.6 Å². The number of aliphatic carboxylic acids is 1. The number of anilines is 2. The Morgan fingerprint density at radius 2 is 2.18 bits per heavy atom. The van der Waals surface area contributed by atoms with E-state index in [-0.39, 0.29) is 5.92 Å². The molecule has 0 amide bonds. The molecule has 1 heterocycles. The highest BCUT2D eigenvalue weighted by Crippen LogP contribution is 2.28. The van der Waals surface area contributed by atoms with Crippen molar-refractivity contribution in [3.63, 3.8) is 0 Å². The van der Waals surface area contributed by atoms with Crippen molar-refractivity contribution in [2.45, 2.75) is 13.8 Å². The van der Waals surface area contributed by atoms with E-state index in [0.29, 0.717) is 0 Å². The molecule has 0 unspecified atom stereocenters. The molecule has 0 fully saturated rings. The summed E-state index contributed by atoms with van der Waals surface area (Å²) in [6.45, 7) is 4.87. The Hall–Kier alpha value is -1.91. The fourth-order valence-corrected chi connectivity index (χ4v) is 1.16. The van der Waals surface area contributed by atoms with Crippen LogP contribution in [0.15, 0.2) is 18.2 Å². The molecule has 0 radical (unpaired) electrons. The Labute approximate surface area is 101 Å². The second kappa shape index (κ2) is 5.98. The number of nitrogens with one attached hydrogen (secondary N) is 1. The molecule has 17 heavy (non-hydrogen) atoms. The maximum absolute atomic E-state index is 9.70. The summed E-state index contributed by atoms with van der Waals surface area (Å²) in [5.74, 6) is -0.0783. The van der Waals surface area contributed by atoms with Crippen molar-refractivity contribution in [2.24, 2.45) is 5.92 Å². The summed E-state index contributed by atoms with van der Waals surface area (Å²) in [6, 6.07) is 5.61. The Kier molecular flexibility index (Phi) is 4.63. The third kappa shape index (κ3) is 4.22. The molecular formula is C12H18N2O3. The molecule has 1 aliphatic rings. The number of ether oxygens (including phenoxy) is 1. The van der Waals surface area contributed by atoms with Crippen LogP contribution in [0.2, 0.25) is 0 Å². The molecule has 2 rings (SSSR count). The van der Waals surface area contributed by atoms with E-state index in [1.54, 1.807) is 13.8 Å². The van der Waals surface area contributed by atoms with Gasteiger partial charge in [-0.3, -0.25) is 4.79 Å². The van der Waals surface area contributed by atoms with Crippen molar-refractivity contribution in [1.29, 1.82) is 0 Å². The molecule has 1 aliphatic heterocycles. The Bertz CT molecular complexity index is 391. The summed E-state index contributed by atoms with van der Waals surface area (Å²) in [7, 11) is 0. The average molecular weight is 238 g/mol. The minimum absolute atomic E-state index is 0.231. The lowest BCUT2D eigenvalue weighted by Gasteiger charge is -2.18. The molecule has 0 bridgehead atoms. The minimum atomic E-state index is -0.741. The smallest absolute Gasteiger partial charge is 0.305 e. The standard InChI is InChI=1S/C8H10N2O.C4H8O2/c9-6-1-2-8-7(5-6)10-3-4-11-8;1-3(2)4(5)6/h1-2,5,10H,3-4,9H2;3H,1-2H3,(H,5,6). The quantitative estimate of drug-likeness (QED) is 0.650. The van der Waals surface area contributed by atoms with E-state index in [2.05, 4.69) is 5.32 Å². The Morgan fingerprint density at radius 1 is 1.53 bits per heavy atom. The van der Waals surface area contributed by atoms with Gasteiger partial charge in [-0.25, -0.2) is 0 Å². The monoisotopic (exact) mass is 238 g/mol. The number of fused-ring (bicyclic) bond motifs is 1. The van der Waals surface area contributed by atoms with E-state index in [1.165, 1.54) is 0 Å². The van der Waals surface area contributed by atoms with Crippen molar-refractivity contribution < 1.29 is 14.6 Å². The van der Waals surface area contributed by atoms with Crippen molar-refractivity contribution in [2.75, 3.05) is 24.2 Å². The van der Waals surface area contributed by atoms with Crippen LogP contribution in [0.25, 0.3) is 0 Å². The van der Waals surface area contributed by atoms with Gasteiger partial charge in [0, 0.05) is 12.2 Å². The van der Waals surface area contributed by atoms with Crippen LogP contribution in [0.1, 0.15) is 13.8 Å². The van der Waals surface area contributed by atoms with Gasteiger partial charge in [-0.05, 0) is 18.2 Å². The van der Waals surface area contributed by atoms with E-state index in [0.717, 1.165) is 30.3 Å². The zero-order chi connectivity index (χ0) is 12.8. The second-order valence-corrected chi connectivity index (χ2v) is 4.02. The van der Waals surface area contributed by atoms with Gasteiger partial charge < -0.3 is 20.9 Å². The fraction of sp³-hybridized carbons (Fsp3) is 0.417. The van der Waals surface area contributed by atoms with Gasteiger partial charge in [0.15, 0.2) is 0 Å². The number of benzene rings is 1. The predicted octanol–water partition coefficient (Wildman–Crippen LogP) is 1.80. The first-order valence-electron chi connectivity index (χ1n) is 5.49. The van der Waals surface area contributed by atoms with E-state index in [1.807, 2.05) is 18.2 Å². The highest BCUT2D eigenvalue weighted by atomic mass is 16.5. The van der Waals surface area contributed by atoms with Crippen LogP contribution in [0.5, 0.6) is 5.75 Å². The van der Waals surface area contributed by atoms with E-state index in [9.17, 15) is 4.79 Å². The number of carboxylic acid groups (broad SMARTS) is 1. The topological polar surface area (TPSA) is 84.6 Å². The van der Waals surface area contributed by atoms with Crippen LogP contribution >= 0.6 is 0 Å². The Morgan fingerprint density at radius 3 is 2.76 bits per heavy atom. The predicted molar refractivity (Wildman–Crippen MR) is 67.3 cm³/mol. The van der Waals surface area contributed by atoms with E-state index < -0.39 is 5.97 Å². The number of hydrogen-bond donors (Lipinski definition) is 3. The molecule has 5 heteroatoms. The van der Waals surface area contributed by atoms with Crippen LogP contribution < -0.4 is 15.8 Å². The number of nitrogens with two attached hydrogens (primary N) is 1. The molecule has 0 aliphatic carbocycles. The number of carboxylic acids is 1. The van der Waals surface area contributed by atoms with Crippen LogP contribution in [-0.2, 0) is 4.79 Å². The Balaban J connectivity index is 0.000000209. The molecule has 0 aromatic heterocycles. The zero-order valence-electron chi connectivity index (χ0n) is 10.1. The van der Waals surface area contributed by atoms with Gasteiger partial charge in [-0.15, -0.1) is 0 Å². The van der Waals surface area contributed by atoms with Crippen molar-refractivity contribution in [1.82, 2.24) is 0 Å². The van der Waals surface area contributed by atoms with Crippen molar-refractivity contribution in [3.8, 4) is 5.75 Å². The lowest BCUT2D eigenvalue weighted by molar-refractivity contribution is -0.140. The lowest BCUT2D eigenvalue weighted by atomic mass is 10.2. The molecule has 94 valence electrons. The molecule has 0 saturated heterocycles. The van der Waals surface area contributed by atoms with Crippen molar-refractivity contribution in [3.05, 3.63) is 18.2 Å². The van der Waals surface area contributed by atoms with E-state index in [4.69, 9.17) is 15.6 Å². The number of carbonyl (C=O) groups is 1. The summed E-state index contributed by atoms with van der Waals surface area (Å²) in [5, 5.41) is 11.2. The SMILES string of the molecule is CC(C)C(=O)O.Nc1ccc2c(c1)NCCO2. The highest BCUT2D eigenvalue weighted by Gasteiger charge is 2.07. The van der Waals surface area contributed by atoms with Gasteiger partial charge in [-0.1, -0.05) is 13.8 Å². The van der Waals surface area contributed by atoms with Crippen LogP contribution in [0.4, 0.5) is 11.4 Å². The summed E-state index contributed by atoms with van der Waals surface area (Å²) in [4.78, 5) is 9.70. The number of hydrogen-bond acceptors (Lipinski definition) is 4. The van der Waals surface area contributed by atoms with Gasteiger partial charge in [-0.2, -0.15) is 0 Å². The zero-order valence-corrected chi connectivity index (χ0v) is 10.1. The van der Waals surface area contributed by atoms with E-state index >= 15 is 0 Å². The summed E-state index contributed by atoms with van der Waals surface area (Å²) in [5.41, 5.74) is 7.35. The highest BCUT2D eigenvalue weighted by molar-refractivity contribution is 5.68. The summed E-state index contributed by atoms with van der Waals surface area (Å²) < 4.78 is 5.36. The number of nitrogen functional groups attached to an aromatic ring is 1. The summed E-state index contributed by atoms with van der Waals surface area (Å²) in [6.07, 6.45) is 0. The molecule has 0 atom stereocenters. The molecule has 1 aromatic rings. The van der Waals surface area contributed by atoms with Crippen LogP contribution in [0.3, 0.4) is 0 Å². The molecule has 5 nitrogen and oxygen atoms in total. The normalized spacial score (nSPS) is 12.6. The van der Waals surface area contributed by atoms with Crippen molar-refractivity contribution >= 4 is 17.3 Å². The van der Waals surface area contributed by atoms with Gasteiger partial charge in [0.25, 0.3) is 0 Å².